The first-order valence-corrected chi connectivity index (χ1v) is 7.59. The largest absolute Gasteiger partial charge is 0.468 e. The lowest BCUT2D eigenvalue weighted by Crippen LogP contribution is -2.15. The second kappa shape index (κ2) is 5.43. The van der Waals surface area contributed by atoms with Crippen LogP contribution in [0.2, 0.25) is 0 Å². The van der Waals surface area contributed by atoms with Crippen molar-refractivity contribution in [2.24, 2.45) is 0 Å². The molecule has 1 aromatic carbocycles. The van der Waals surface area contributed by atoms with Crippen LogP contribution in [0.5, 0.6) is 0 Å². The molecule has 0 saturated heterocycles. The SMILES string of the molecule is Cc1cc(CNC2CC2)ccc1Sc1ccoc1C. The Labute approximate surface area is 118 Å². The number of aryl methyl sites for hydroxylation is 2. The van der Waals surface area contributed by atoms with E-state index in [0.29, 0.717) is 0 Å². The smallest absolute Gasteiger partial charge is 0.114 e. The highest BCUT2D eigenvalue weighted by molar-refractivity contribution is 7.99. The monoisotopic (exact) mass is 273 g/mol. The molecule has 1 aliphatic rings. The van der Waals surface area contributed by atoms with Gasteiger partial charge in [0.1, 0.15) is 5.76 Å². The summed E-state index contributed by atoms with van der Waals surface area (Å²) in [6, 6.07) is 9.52. The Morgan fingerprint density at radius 1 is 1.21 bits per heavy atom. The summed E-state index contributed by atoms with van der Waals surface area (Å²) < 4.78 is 5.34. The number of hydrogen-bond acceptors (Lipinski definition) is 3. The van der Waals surface area contributed by atoms with Gasteiger partial charge in [-0.2, -0.15) is 0 Å². The predicted octanol–water partition coefficient (Wildman–Crippen LogP) is 4.30. The Hall–Kier alpha value is -1.19. The van der Waals surface area contributed by atoms with E-state index < -0.39 is 0 Å². The third-order valence-electron chi connectivity index (χ3n) is 3.44. The summed E-state index contributed by atoms with van der Waals surface area (Å²) in [6.07, 6.45) is 4.43. The Morgan fingerprint density at radius 3 is 2.68 bits per heavy atom. The first kappa shape index (κ1) is 12.8. The fourth-order valence-electron chi connectivity index (χ4n) is 2.08. The zero-order valence-corrected chi connectivity index (χ0v) is 12.2. The fraction of sp³-hybridized carbons (Fsp3) is 0.375. The van der Waals surface area contributed by atoms with Gasteiger partial charge in [-0.1, -0.05) is 23.9 Å². The van der Waals surface area contributed by atoms with Crippen molar-refractivity contribution in [3.63, 3.8) is 0 Å². The molecule has 2 nitrogen and oxygen atoms in total. The maximum atomic E-state index is 5.34. The molecular formula is C16H19NOS. The third kappa shape index (κ3) is 3.23. The van der Waals surface area contributed by atoms with E-state index in [-0.39, 0.29) is 0 Å². The molecule has 3 rings (SSSR count). The molecule has 19 heavy (non-hydrogen) atoms. The lowest BCUT2D eigenvalue weighted by molar-refractivity contribution is 0.527. The molecule has 3 heteroatoms. The van der Waals surface area contributed by atoms with Crippen molar-refractivity contribution in [3.8, 4) is 0 Å². The number of benzene rings is 1. The van der Waals surface area contributed by atoms with Gasteiger partial charge < -0.3 is 9.73 Å². The maximum absolute atomic E-state index is 5.34. The van der Waals surface area contributed by atoms with Crippen molar-refractivity contribution in [1.29, 1.82) is 0 Å². The van der Waals surface area contributed by atoms with Crippen LogP contribution in [0.4, 0.5) is 0 Å². The summed E-state index contributed by atoms with van der Waals surface area (Å²) in [5.74, 6) is 0.990. The van der Waals surface area contributed by atoms with E-state index in [9.17, 15) is 0 Å². The van der Waals surface area contributed by atoms with Crippen LogP contribution in [-0.2, 0) is 6.54 Å². The van der Waals surface area contributed by atoms with Crippen LogP contribution < -0.4 is 5.32 Å². The summed E-state index contributed by atoms with van der Waals surface area (Å²) in [4.78, 5) is 2.51. The van der Waals surface area contributed by atoms with Gasteiger partial charge in [-0.05, 0) is 49.9 Å². The van der Waals surface area contributed by atoms with Crippen LogP contribution >= 0.6 is 11.8 Å². The molecule has 100 valence electrons. The van der Waals surface area contributed by atoms with Gasteiger partial charge in [-0.25, -0.2) is 0 Å². The molecule has 0 spiro atoms. The van der Waals surface area contributed by atoms with Crippen molar-refractivity contribution in [2.45, 2.75) is 49.1 Å². The van der Waals surface area contributed by atoms with Gasteiger partial charge in [-0.3, -0.25) is 0 Å². The molecule has 0 amide bonds. The third-order valence-corrected chi connectivity index (χ3v) is 4.76. The van der Waals surface area contributed by atoms with E-state index in [4.69, 9.17) is 4.42 Å². The van der Waals surface area contributed by atoms with Gasteiger partial charge in [0.05, 0.1) is 11.2 Å². The molecule has 1 fully saturated rings. The van der Waals surface area contributed by atoms with Crippen molar-refractivity contribution < 1.29 is 4.42 Å². The molecule has 1 aromatic heterocycles. The summed E-state index contributed by atoms with van der Waals surface area (Å²) >= 11 is 1.78. The highest BCUT2D eigenvalue weighted by Crippen LogP contribution is 2.33. The quantitative estimate of drug-likeness (QED) is 0.879. The highest BCUT2D eigenvalue weighted by Gasteiger charge is 2.19. The molecule has 1 aliphatic carbocycles. The molecule has 2 aromatic rings. The average Bonchev–Trinajstić information content (AvgIpc) is 3.14. The second-order valence-corrected chi connectivity index (χ2v) is 6.28. The predicted molar refractivity (Wildman–Crippen MR) is 78.6 cm³/mol. The number of hydrogen-bond donors (Lipinski definition) is 1. The van der Waals surface area contributed by atoms with E-state index in [0.717, 1.165) is 18.3 Å². The summed E-state index contributed by atoms with van der Waals surface area (Å²) in [5, 5.41) is 3.55. The minimum atomic E-state index is 0.767. The van der Waals surface area contributed by atoms with Gasteiger partial charge in [0, 0.05) is 17.5 Å². The minimum absolute atomic E-state index is 0.767. The van der Waals surface area contributed by atoms with E-state index in [1.807, 2.05) is 13.0 Å². The molecular weight excluding hydrogens is 254 g/mol. The summed E-state index contributed by atoms with van der Waals surface area (Å²) in [7, 11) is 0. The van der Waals surface area contributed by atoms with E-state index in [1.165, 1.54) is 33.8 Å². The number of rotatable bonds is 5. The summed E-state index contributed by atoms with van der Waals surface area (Å²) in [6.45, 7) is 5.17. The van der Waals surface area contributed by atoms with E-state index >= 15 is 0 Å². The maximum Gasteiger partial charge on any atom is 0.114 e. The van der Waals surface area contributed by atoms with Crippen LogP contribution in [0, 0.1) is 13.8 Å². The van der Waals surface area contributed by atoms with Crippen molar-refractivity contribution in [1.82, 2.24) is 5.32 Å². The van der Waals surface area contributed by atoms with Crippen LogP contribution in [0.1, 0.15) is 29.7 Å². The fourth-order valence-corrected chi connectivity index (χ4v) is 2.99. The Balaban J connectivity index is 1.70. The molecule has 0 unspecified atom stereocenters. The van der Waals surface area contributed by atoms with Crippen LogP contribution in [0.15, 0.2) is 44.7 Å². The minimum Gasteiger partial charge on any atom is -0.468 e. The Kier molecular flexibility index (Phi) is 3.67. The Morgan fingerprint density at radius 2 is 2.05 bits per heavy atom. The Bertz CT molecular complexity index is 572. The van der Waals surface area contributed by atoms with E-state index in [2.05, 4.69) is 30.4 Å². The van der Waals surface area contributed by atoms with Gasteiger partial charge in [0.15, 0.2) is 0 Å². The second-order valence-electron chi connectivity index (χ2n) is 5.20. The van der Waals surface area contributed by atoms with E-state index in [1.54, 1.807) is 18.0 Å². The van der Waals surface area contributed by atoms with Crippen molar-refractivity contribution in [3.05, 3.63) is 47.4 Å². The van der Waals surface area contributed by atoms with Crippen LogP contribution in [0.3, 0.4) is 0 Å². The first-order chi connectivity index (χ1) is 9.22. The zero-order chi connectivity index (χ0) is 13.2. The first-order valence-electron chi connectivity index (χ1n) is 6.77. The molecule has 1 saturated carbocycles. The van der Waals surface area contributed by atoms with Crippen LogP contribution in [-0.4, -0.2) is 6.04 Å². The molecule has 1 heterocycles. The average molecular weight is 273 g/mol. The van der Waals surface area contributed by atoms with Gasteiger partial charge in [0.2, 0.25) is 0 Å². The topological polar surface area (TPSA) is 25.2 Å². The number of nitrogens with one attached hydrogen (secondary N) is 1. The summed E-state index contributed by atoms with van der Waals surface area (Å²) in [5.41, 5.74) is 2.71. The normalized spacial score (nSPS) is 14.8. The lowest BCUT2D eigenvalue weighted by atomic mass is 10.1. The number of furan rings is 1. The molecule has 0 radical (unpaired) electrons. The van der Waals surface area contributed by atoms with Gasteiger partial charge in [-0.15, -0.1) is 0 Å². The lowest BCUT2D eigenvalue weighted by Gasteiger charge is -2.08. The van der Waals surface area contributed by atoms with Gasteiger partial charge >= 0.3 is 0 Å². The van der Waals surface area contributed by atoms with Crippen molar-refractivity contribution >= 4 is 11.8 Å². The molecule has 0 atom stereocenters. The highest BCUT2D eigenvalue weighted by atomic mass is 32.2. The standard InChI is InChI=1S/C16H19NOS/c1-11-9-13(10-17-14-4-5-14)3-6-15(11)19-16-7-8-18-12(16)2/h3,6-9,14,17H,4-5,10H2,1-2H3. The van der Waals surface area contributed by atoms with Crippen molar-refractivity contribution in [2.75, 3.05) is 0 Å². The zero-order valence-electron chi connectivity index (χ0n) is 11.4. The molecule has 0 aliphatic heterocycles. The van der Waals surface area contributed by atoms with Crippen LogP contribution in [0.25, 0.3) is 0 Å². The molecule has 1 N–H and O–H groups in total. The van der Waals surface area contributed by atoms with Gasteiger partial charge in [0.25, 0.3) is 0 Å². The molecule has 0 bridgehead atoms.